The van der Waals surface area contributed by atoms with Crippen LogP contribution in [0.25, 0.3) is 0 Å². The van der Waals surface area contributed by atoms with Gasteiger partial charge in [-0.05, 0) is 6.42 Å². The van der Waals surface area contributed by atoms with E-state index in [0.29, 0.717) is 0 Å². The molecule has 8 heavy (non-hydrogen) atoms. The van der Waals surface area contributed by atoms with Crippen molar-refractivity contribution in [2.75, 3.05) is 13.2 Å². The zero-order valence-electron chi connectivity index (χ0n) is 4.84. The van der Waals surface area contributed by atoms with E-state index in [1.165, 1.54) is 0 Å². The highest BCUT2D eigenvalue weighted by Gasteiger charge is 1.82. The van der Waals surface area contributed by atoms with Crippen LogP contribution in [0.2, 0.25) is 0 Å². The normalized spacial score (nSPS) is 28.0. The summed E-state index contributed by atoms with van der Waals surface area (Å²) in [5.41, 5.74) is 0. The molecule has 0 spiro atoms. The summed E-state index contributed by atoms with van der Waals surface area (Å²) in [6.45, 7) is 1.63. The van der Waals surface area contributed by atoms with Crippen LogP contribution in [0, 0.1) is 0 Å². The first kappa shape index (κ1) is 5.57. The third kappa shape index (κ3) is 1.94. The molecule has 0 saturated carbocycles. The van der Waals surface area contributed by atoms with Crippen molar-refractivity contribution in [1.29, 1.82) is 0 Å². The lowest BCUT2D eigenvalue weighted by molar-refractivity contribution is 0.167. The Morgan fingerprint density at radius 3 is 3.00 bits per heavy atom. The second-order valence-corrected chi connectivity index (χ2v) is 1.72. The van der Waals surface area contributed by atoms with Gasteiger partial charge in [0.2, 0.25) is 0 Å². The molecule has 0 amide bonds. The predicted octanol–water partition coefficient (Wildman–Crippen LogP) is 1.52. The van der Waals surface area contributed by atoms with E-state index in [9.17, 15) is 0 Å². The van der Waals surface area contributed by atoms with E-state index in [1.807, 2.05) is 12.2 Å². The lowest BCUT2D eigenvalue weighted by Gasteiger charge is -1.97. The zero-order valence-corrected chi connectivity index (χ0v) is 4.84. The fourth-order valence-electron chi connectivity index (χ4n) is 0.612. The first-order valence-electron chi connectivity index (χ1n) is 2.89. The summed E-state index contributed by atoms with van der Waals surface area (Å²) in [5, 5.41) is 0. The smallest absolute Gasteiger partial charge is 0.0650 e. The molecule has 1 rings (SSSR count). The van der Waals surface area contributed by atoms with Crippen molar-refractivity contribution in [1.82, 2.24) is 0 Å². The van der Waals surface area contributed by atoms with Gasteiger partial charge in [0.25, 0.3) is 0 Å². The summed E-state index contributed by atoms with van der Waals surface area (Å²) >= 11 is 0. The van der Waals surface area contributed by atoms with Crippen molar-refractivity contribution in [3.63, 3.8) is 0 Å². The molecule has 1 heteroatoms. The number of ether oxygens (including phenoxy) is 1. The maximum atomic E-state index is 5.14. The third-order valence-corrected chi connectivity index (χ3v) is 1.03. The van der Waals surface area contributed by atoms with E-state index in [4.69, 9.17) is 4.74 Å². The van der Waals surface area contributed by atoms with Gasteiger partial charge in [-0.25, -0.2) is 0 Å². The number of hydrogen-bond donors (Lipinski definition) is 0. The van der Waals surface area contributed by atoms with Crippen LogP contribution < -0.4 is 0 Å². The van der Waals surface area contributed by atoms with Crippen LogP contribution in [0.5, 0.6) is 0 Å². The lowest BCUT2D eigenvalue weighted by atomic mass is 10.3. The van der Waals surface area contributed by atoms with E-state index >= 15 is 0 Å². The van der Waals surface area contributed by atoms with Crippen LogP contribution in [0.3, 0.4) is 0 Å². The van der Waals surface area contributed by atoms with Crippen LogP contribution in [-0.4, -0.2) is 13.2 Å². The molecule has 1 aliphatic heterocycles. The molecule has 0 aromatic carbocycles. The van der Waals surface area contributed by atoms with Gasteiger partial charge in [0, 0.05) is 0 Å². The second kappa shape index (κ2) is 3.44. The van der Waals surface area contributed by atoms with Crippen LogP contribution in [0.1, 0.15) is 6.42 Å². The van der Waals surface area contributed by atoms with Crippen molar-refractivity contribution in [2.24, 2.45) is 0 Å². The van der Waals surface area contributed by atoms with Crippen molar-refractivity contribution in [3.8, 4) is 0 Å². The summed E-state index contributed by atoms with van der Waals surface area (Å²) in [4.78, 5) is 0. The quantitative estimate of drug-likeness (QED) is 0.459. The SMILES string of the molecule is C1=C\CCOC\C=C/1. The molecule has 0 aromatic rings. The number of hydrogen-bond acceptors (Lipinski definition) is 1. The monoisotopic (exact) mass is 110 g/mol. The molecule has 0 aromatic heterocycles. The van der Waals surface area contributed by atoms with E-state index in [-0.39, 0.29) is 0 Å². The molecule has 0 atom stereocenters. The molecule has 1 nitrogen and oxygen atoms in total. The minimum absolute atomic E-state index is 0.768. The standard InChI is InChI=1S/C7H10O/c1-2-4-6-8-7-5-3-1/h1-4H,5-7H2/b3-1-,4-2-. The number of rotatable bonds is 0. The van der Waals surface area contributed by atoms with Gasteiger partial charge in [-0.2, -0.15) is 0 Å². The molecule has 0 unspecified atom stereocenters. The lowest BCUT2D eigenvalue weighted by Crippen LogP contribution is -1.93. The summed E-state index contributed by atoms with van der Waals surface area (Å²) in [6, 6.07) is 0. The fraction of sp³-hybridized carbons (Fsp3) is 0.429. The van der Waals surface area contributed by atoms with E-state index in [0.717, 1.165) is 19.6 Å². The molecular weight excluding hydrogens is 100 g/mol. The molecule has 0 radical (unpaired) electrons. The molecular formula is C7H10O. The maximum absolute atomic E-state index is 5.14. The molecule has 0 bridgehead atoms. The third-order valence-electron chi connectivity index (χ3n) is 1.03. The molecule has 0 saturated heterocycles. The van der Waals surface area contributed by atoms with Gasteiger partial charge in [0.1, 0.15) is 0 Å². The van der Waals surface area contributed by atoms with Crippen molar-refractivity contribution < 1.29 is 4.74 Å². The molecule has 44 valence electrons. The van der Waals surface area contributed by atoms with Gasteiger partial charge in [0.05, 0.1) is 13.2 Å². The second-order valence-electron chi connectivity index (χ2n) is 1.72. The van der Waals surface area contributed by atoms with Crippen LogP contribution in [-0.2, 0) is 4.74 Å². The largest absolute Gasteiger partial charge is 0.377 e. The Bertz CT molecular complexity index is 89.0. The average molecular weight is 110 g/mol. The molecule has 1 heterocycles. The van der Waals surface area contributed by atoms with Gasteiger partial charge in [-0.1, -0.05) is 24.3 Å². The van der Waals surface area contributed by atoms with E-state index in [1.54, 1.807) is 0 Å². The van der Waals surface area contributed by atoms with Gasteiger partial charge < -0.3 is 4.74 Å². The molecule has 0 fully saturated rings. The highest BCUT2D eigenvalue weighted by atomic mass is 16.5. The van der Waals surface area contributed by atoms with Crippen LogP contribution >= 0.6 is 0 Å². The van der Waals surface area contributed by atoms with Gasteiger partial charge in [-0.3, -0.25) is 0 Å². The Morgan fingerprint density at radius 1 is 1.12 bits per heavy atom. The van der Waals surface area contributed by atoms with Crippen molar-refractivity contribution >= 4 is 0 Å². The van der Waals surface area contributed by atoms with Crippen LogP contribution in [0.4, 0.5) is 0 Å². The van der Waals surface area contributed by atoms with Gasteiger partial charge in [0.15, 0.2) is 0 Å². The first-order valence-corrected chi connectivity index (χ1v) is 2.89. The summed E-state index contributed by atoms with van der Waals surface area (Å²) in [6.07, 6.45) is 9.23. The van der Waals surface area contributed by atoms with Crippen molar-refractivity contribution in [3.05, 3.63) is 24.3 Å². The molecule has 1 aliphatic rings. The summed E-state index contributed by atoms with van der Waals surface area (Å²) in [7, 11) is 0. The fourth-order valence-corrected chi connectivity index (χ4v) is 0.612. The van der Waals surface area contributed by atoms with E-state index < -0.39 is 0 Å². The van der Waals surface area contributed by atoms with Crippen LogP contribution in [0.15, 0.2) is 24.3 Å². The molecule has 0 aliphatic carbocycles. The predicted molar refractivity (Wildman–Crippen MR) is 33.7 cm³/mol. The minimum atomic E-state index is 0.768. The summed E-state index contributed by atoms with van der Waals surface area (Å²) in [5.74, 6) is 0. The molecule has 0 N–H and O–H groups in total. The highest BCUT2D eigenvalue weighted by Crippen LogP contribution is 1.90. The average Bonchev–Trinajstić information content (AvgIpc) is 1.62. The first-order chi connectivity index (χ1) is 4.00. The Morgan fingerprint density at radius 2 is 2.00 bits per heavy atom. The zero-order chi connectivity index (χ0) is 5.66. The summed E-state index contributed by atoms with van der Waals surface area (Å²) < 4.78 is 5.14. The van der Waals surface area contributed by atoms with Crippen molar-refractivity contribution in [2.45, 2.75) is 6.42 Å². The Hall–Kier alpha value is -0.560. The topological polar surface area (TPSA) is 9.23 Å². The van der Waals surface area contributed by atoms with Gasteiger partial charge in [-0.15, -0.1) is 0 Å². The maximum Gasteiger partial charge on any atom is 0.0650 e. The Labute approximate surface area is 49.7 Å². The van der Waals surface area contributed by atoms with Gasteiger partial charge >= 0.3 is 0 Å². The Kier molecular flexibility index (Phi) is 2.40. The minimum Gasteiger partial charge on any atom is -0.377 e. The Balaban J connectivity index is 2.33. The van der Waals surface area contributed by atoms with E-state index in [2.05, 4.69) is 12.2 Å². The number of allylic oxidation sites excluding steroid dienone is 2. The highest BCUT2D eigenvalue weighted by molar-refractivity contribution is 5.03.